The molecule has 0 aromatic carbocycles. The maximum Gasteiger partial charge on any atom is 0.410 e. The van der Waals surface area contributed by atoms with Crippen molar-refractivity contribution < 1.29 is 29.6 Å². The Morgan fingerprint density at radius 3 is 1.96 bits per heavy atom. The number of hydrogen-bond donors (Lipinski definition) is 4. The largest absolute Gasteiger partial charge is 0.481 e. The maximum atomic E-state index is 11.8. The number of piperidine rings is 2. The lowest BCUT2D eigenvalue weighted by Gasteiger charge is -2.36. The molecule has 0 spiro atoms. The Balaban J connectivity index is 0.000000468. The van der Waals surface area contributed by atoms with Gasteiger partial charge in [-0.3, -0.25) is 4.79 Å². The van der Waals surface area contributed by atoms with Crippen LogP contribution in [0.4, 0.5) is 4.79 Å². The summed E-state index contributed by atoms with van der Waals surface area (Å²) in [5.74, 6) is -0.833. The molecule has 2 aliphatic rings. The Bertz CT molecular complexity index is 430. The zero-order valence-electron chi connectivity index (χ0n) is 17.6. The van der Waals surface area contributed by atoms with Gasteiger partial charge >= 0.3 is 6.09 Å². The summed E-state index contributed by atoms with van der Waals surface area (Å²) in [5.41, 5.74) is -0.473. The summed E-state index contributed by atoms with van der Waals surface area (Å²) in [5, 5.41) is 29.1. The summed E-state index contributed by atoms with van der Waals surface area (Å²) in [4.78, 5) is 22.4. The molecule has 2 aliphatic heterocycles. The third-order valence-electron chi connectivity index (χ3n) is 4.12. The number of aliphatic carboxylic acids is 1. The van der Waals surface area contributed by atoms with Crippen molar-refractivity contribution in [2.45, 2.75) is 97.1 Å². The number of likely N-dealkylation sites (tertiary alicyclic amines) is 1. The van der Waals surface area contributed by atoms with Crippen molar-refractivity contribution in [2.24, 2.45) is 0 Å². The molecule has 0 radical (unpaired) electrons. The van der Waals surface area contributed by atoms with E-state index in [0.29, 0.717) is 12.6 Å². The van der Waals surface area contributed by atoms with Gasteiger partial charge in [0.15, 0.2) is 0 Å². The van der Waals surface area contributed by atoms with Crippen LogP contribution in [0.5, 0.6) is 0 Å². The van der Waals surface area contributed by atoms with E-state index < -0.39 is 17.7 Å². The number of carboxylic acid groups (broad SMARTS) is 1. The number of rotatable bonds is 0. The van der Waals surface area contributed by atoms with E-state index in [0.717, 1.165) is 39.2 Å². The average molecular weight is 391 g/mol. The van der Waals surface area contributed by atoms with E-state index in [1.165, 1.54) is 0 Å². The number of nitrogens with zero attached hydrogens (tertiary/aromatic N) is 1. The topological polar surface area (TPSA) is 119 Å². The Hall–Kier alpha value is -1.38. The van der Waals surface area contributed by atoms with Crippen LogP contribution >= 0.6 is 0 Å². The van der Waals surface area contributed by atoms with Gasteiger partial charge in [-0.1, -0.05) is 0 Å². The molecule has 1 amide bonds. The van der Waals surface area contributed by atoms with Crippen LogP contribution in [0, 0.1) is 0 Å². The van der Waals surface area contributed by atoms with Crippen molar-refractivity contribution in [3.8, 4) is 0 Å². The molecule has 0 aliphatic carbocycles. The lowest BCUT2D eigenvalue weighted by atomic mass is 10.0. The van der Waals surface area contributed by atoms with Crippen LogP contribution in [0.25, 0.3) is 0 Å². The van der Waals surface area contributed by atoms with Gasteiger partial charge in [0.1, 0.15) is 5.60 Å². The van der Waals surface area contributed by atoms with Gasteiger partial charge in [0.2, 0.25) is 0 Å². The number of carbonyl (C=O) groups is 2. The van der Waals surface area contributed by atoms with Crippen LogP contribution in [-0.2, 0) is 9.53 Å². The molecule has 8 nitrogen and oxygen atoms in total. The molecular weight excluding hydrogens is 352 g/mol. The lowest BCUT2D eigenvalue weighted by molar-refractivity contribution is -0.134. The molecule has 4 N–H and O–H groups in total. The van der Waals surface area contributed by atoms with E-state index in [4.69, 9.17) is 19.7 Å². The number of carboxylic acids is 1. The maximum absolute atomic E-state index is 11.8. The second kappa shape index (κ2) is 12.2. The molecule has 2 heterocycles. The van der Waals surface area contributed by atoms with Crippen molar-refractivity contribution in [1.82, 2.24) is 10.2 Å². The first-order chi connectivity index (χ1) is 12.3. The van der Waals surface area contributed by atoms with Crippen molar-refractivity contribution in [3.63, 3.8) is 0 Å². The summed E-state index contributed by atoms with van der Waals surface area (Å²) in [6.07, 6.45) is 2.85. The molecular formula is C19H38N2O6. The summed E-state index contributed by atoms with van der Waals surface area (Å²) in [6, 6.07) is 0.765. The predicted octanol–water partition coefficient (Wildman–Crippen LogP) is 1.98. The zero-order valence-corrected chi connectivity index (χ0v) is 17.6. The van der Waals surface area contributed by atoms with Crippen LogP contribution in [0.3, 0.4) is 0 Å². The Labute approximate surface area is 162 Å². The Kier molecular flexibility index (Phi) is 11.5. The first kappa shape index (κ1) is 25.6. The highest BCUT2D eigenvalue weighted by Crippen LogP contribution is 2.20. The first-order valence-corrected chi connectivity index (χ1v) is 9.60. The molecule has 8 heteroatoms. The Morgan fingerprint density at radius 1 is 1.04 bits per heavy atom. The smallest absolute Gasteiger partial charge is 0.410 e. The van der Waals surface area contributed by atoms with Crippen molar-refractivity contribution >= 4 is 12.1 Å². The fourth-order valence-electron chi connectivity index (χ4n) is 2.65. The zero-order chi connectivity index (χ0) is 21.2. The highest BCUT2D eigenvalue weighted by Gasteiger charge is 2.31. The van der Waals surface area contributed by atoms with E-state index >= 15 is 0 Å². The van der Waals surface area contributed by atoms with E-state index in [2.05, 4.69) is 12.2 Å². The SMILES string of the molecule is CC(=O)O.CC1CCC(O)CN1.CC1CCC(O)CN1C(=O)OC(C)(C)C. The molecule has 0 aromatic heterocycles. The van der Waals surface area contributed by atoms with Gasteiger partial charge < -0.3 is 30.3 Å². The minimum absolute atomic E-state index is 0.0915. The molecule has 0 bridgehead atoms. The van der Waals surface area contributed by atoms with E-state index in [-0.39, 0.29) is 18.2 Å². The fourth-order valence-corrected chi connectivity index (χ4v) is 2.65. The summed E-state index contributed by atoms with van der Waals surface area (Å²) >= 11 is 0. The van der Waals surface area contributed by atoms with E-state index in [1.807, 2.05) is 27.7 Å². The van der Waals surface area contributed by atoms with E-state index in [9.17, 15) is 9.90 Å². The molecule has 2 fully saturated rings. The number of aliphatic hydroxyl groups is 2. The van der Waals surface area contributed by atoms with Crippen LogP contribution in [0.15, 0.2) is 0 Å². The van der Waals surface area contributed by atoms with Crippen LogP contribution in [-0.4, -0.2) is 75.3 Å². The molecule has 2 rings (SSSR count). The van der Waals surface area contributed by atoms with Crippen LogP contribution in [0.2, 0.25) is 0 Å². The van der Waals surface area contributed by atoms with E-state index in [1.54, 1.807) is 4.90 Å². The van der Waals surface area contributed by atoms with Crippen LogP contribution < -0.4 is 5.32 Å². The van der Waals surface area contributed by atoms with Gasteiger partial charge in [-0.15, -0.1) is 0 Å². The second-order valence-corrected chi connectivity index (χ2v) is 8.27. The molecule has 4 atom stereocenters. The average Bonchev–Trinajstić information content (AvgIpc) is 2.51. The van der Waals surface area contributed by atoms with Gasteiger partial charge in [0, 0.05) is 25.6 Å². The molecule has 4 unspecified atom stereocenters. The van der Waals surface area contributed by atoms with Crippen LogP contribution in [0.1, 0.15) is 67.2 Å². The molecule has 2 saturated heterocycles. The van der Waals surface area contributed by atoms with Gasteiger partial charge in [-0.2, -0.15) is 0 Å². The number of β-amino-alcohol motifs (C(OH)–C–C–N with tert-alkyl or cyclic N) is 2. The Morgan fingerprint density at radius 2 is 1.56 bits per heavy atom. The van der Waals surface area contributed by atoms with Crippen molar-refractivity contribution in [1.29, 1.82) is 0 Å². The third-order valence-corrected chi connectivity index (χ3v) is 4.12. The van der Waals surface area contributed by atoms with Gasteiger partial charge in [-0.05, 0) is 60.3 Å². The third kappa shape index (κ3) is 13.4. The highest BCUT2D eigenvalue weighted by molar-refractivity contribution is 5.68. The minimum atomic E-state index is -0.833. The number of aliphatic hydroxyl groups excluding tert-OH is 2. The summed E-state index contributed by atoms with van der Waals surface area (Å²) < 4.78 is 5.27. The van der Waals surface area contributed by atoms with Gasteiger partial charge in [0.25, 0.3) is 5.97 Å². The number of ether oxygens (including phenoxy) is 1. The first-order valence-electron chi connectivity index (χ1n) is 9.60. The second-order valence-electron chi connectivity index (χ2n) is 8.27. The van der Waals surface area contributed by atoms with Gasteiger partial charge in [-0.25, -0.2) is 4.79 Å². The summed E-state index contributed by atoms with van der Waals surface area (Å²) in [7, 11) is 0. The number of carbonyl (C=O) groups excluding carboxylic acids is 1. The summed E-state index contributed by atoms with van der Waals surface area (Å²) in [6.45, 7) is 11.9. The lowest BCUT2D eigenvalue weighted by Crippen LogP contribution is -2.49. The molecule has 0 aromatic rings. The monoisotopic (exact) mass is 390 g/mol. The molecule has 27 heavy (non-hydrogen) atoms. The van der Waals surface area contributed by atoms with Crippen molar-refractivity contribution in [3.05, 3.63) is 0 Å². The minimum Gasteiger partial charge on any atom is -0.481 e. The number of amides is 1. The van der Waals surface area contributed by atoms with Crippen molar-refractivity contribution in [2.75, 3.05) is 13.1 Å². The normalized spacial score (nSPS) is 28.1. The highest BCUT2D eigenvalue weighted by atomic mass is 16.6. The van der Waals surface area contributed by atoms with Gasteiger partial charge in [0.05, 0.1) is 18.8 Å². The number of hydrogen-bond acceptors (Lipinski definition) is 6. The predicted molar refractivity (Wildman–Crippen MR) is 104 cm³/mol. The standard InChI is InChI=1S/C11H21NO3.C6H13NO.C2H4O2/c1-8-5-6-9(13)7-12(8)10(14)15-11(2,3)4;1-5-2-3-6(8)4-7-5;1-2(3)4/h8-9,13H,5-7H2,1-4H3;5-8H,2-4H2,1H3;1H3,(H,3,4). The molecule has 0 saturated carbocycles. The quantitative estimate of drug-likeness (QED) is 0.499. The molecule has 160 valence electrons. The fraction of sp³-hybridized carbons (Fsp3) is 0.895. The number of nitrogens with one attached hydrogen (secondary N) is 1.